The molecule has 0 aliphatic carbocycles. The first-order valence-electron chi connectivity index (χ1n) is 9.75. The third-order valence-electron chi connectivity index (χ3n) is 4.75. The Labute approximate surface area is 176 Å². The number of alkyl carbamates (subject to hydrolysis) is 1. The van der Waals surface area contributed by atoms with Gasteiger partial charge in [-0.1, -0.05) is 60.7 Å². The number of methoxy groups -OCH3 is 1. The Bertz CT molecular complexity index is 841. The molecule has 2 N–H and O–H groups in total. The lowest BCUT2D eigenvalue weighted by molar-refractivity contribution is -0.145. The number of carbonyl (C=O) groups is 3. The zero-order valence-electron chi connectivity index (χ0n) is 17.5. The van der Waals surface area contributed by atoms with Crippen molar-refractivity contribution in [1.82, 2.24) is 10.6 Å². The van der Waals surface area contributed by atoms with E-state index in [1.54, 1.807) is 6.92 Å². The average Bonchev–Trinajstić information content (AvgIpc) is 2.77. The molecular formula is C23H28N2O5. The van der Waals surface area contributed by atoms with Crippen molar-refractivity contribution in [2.24, 2.45) is 0 Å². The maximum atomic E-state index is 12.9. The van der Waals surface area contributed by atoms with E-state index in [2.05, 4.69) is 15.4 Å². The van der Waals surface area contributed by atoms with Gasteiger partial charge in [0.2, 0.25) is 5.91 Å². The molecule has 0 saturated heterocycles. The molecule has 0 aliphatic heterocycles. The minimum atomic E-state index is -1.29. The highest BCUT2D eigenvalue weighted by atomic mass is 16.5. The first-order valence-corrected chi connectivity index (χ1v) is 9.75. The Balaban J connectivity index is 2.07. The molecule has 0 unspecified atom stereocenters. The summed E-state index contributed by atoms with van der Waals surface area (Å²) in [6.07, 6.45) is 0.156. The van der Waals surface area contributed by atoms with Gasteiger partial charge < -0.3 is 20.1 Å². The number of carbonyl (C=O) groups excluding carboxylic acids is 3. The predicted molar refractivity (Wildman–Crippen MR) is 113 cm³/mol. The highest BCUT2D eigenvalue weighted by Crippen LogP contribution is 2.16. The minimum absolute atomic E-state index is 0.0849. The fraction of sp³-hybridized carbons (Fsp3) is 0.348. The molecule has 0 aromatic heterocycles. The van der Waals surface area contributed by atoms with Gasteiger partial charge in [0, 0.05) is 0 Å². The van der Waals surface area contributed by atoms with Crippen LogP contribution in [0.25, 0.3) is 0 Å². The van der Waals surface area contributed by atoms with Crippen LogP contribution >= 0.6 is 0 Å². The van der Waals surface area contributed by atoms with Crippen LogP contribution in [0.4, 0.5) is 4.79 Å². The summed E-state index contributed by atoms with van der Waals surface area (Å²) in [4.78, 5) is 37.0. The molecule has 7 nitrogen and oxygen atoms in total. The predicted octanol–water partition coefficient (Wildman–Crippen LogP) is 2.98. The van der Waals surface area contributed by atoms with E-state index in [9.17, 15) is 14.4 Å². The van der Waals surface area contributed by atoms with Crippen molar-refractivity contribution >= 4 is 18.0 Å². The van der Waals surface area contributed by atoms with E-state index < -0.39 is 29.6 Å². The minimum Gasteiger partial charge on any atom is -0.467 e. The van der Waals surface area contributed by atoms with Crippen molar-refractivity contribution in [2.75, 3.05) is 7.11 Å². The molecule has 7 heteroatoms. The van der Waals surface area contributed by atoms with Gasteiger partial charge in [0.1, 0.15) is 18.2 Å². The molecule has 2 amide bonds. The molecule has 2 aromatic carbocycles. The quantitative estimate of drug-likeness (QED) is 0.618. The van der Waals surface area contributed by atoms with E-state index in [-0.39, 0.29) is 6.61 Å². The molecular weight excluding hydrogens is 384 g/mol. The van der Waals surface area contributed by atoms with Gasteiger partial charge in [0.05, 0.1) is 7.11 Å². The van der Waals surface area contributed by atoms with Crippen LogP contribution in [0.1, 0.15) is 31.4 Å². The number of rotatable bonds is 9. The number of esters is 1. The summed E-state index contributed by atoms with van der Waals surface area (Å²) in [7, 11) is 1.25. The number of benzene rings is 2. The summed E-state index contributed by atoms with van der Waals surface area (Å²) in [5, 5.41) is 5.27. The van der Waals surface area contributed by atoms with Crippen molar-refractivity contribution in [1.29, 1.82) is 0 Å². The summed E-state index contributed by atoms with van der Waals surface area (Å²) in [5.74, 6) is -1.06. The van der Waals surface area contributed by atoms with Crippen molar-refractivity contribution in [3.63, 3.8) is 0 Å². The third-order valence-corrected chi connectivity index (χ3v) is 4.75. The van der Waals surface area contributed by atoms with Gasteiger partial charge in [-0.2, -0.15) is 0 Å². The maximum Gasteiger partial charge on any atom is 0.408 e. The molecule has 0 radical (unpaired) electrons. The van der Waals surface area contributed by atoms with Gasteiger partial charge in [-0.15, -0.1) is 0 Å². The fourth-order valence-corrected chi connectivity index (χ4v) is 2.85. The smallest absolute Gasteiger partial charge is 0.408 e. The first-order chi connectivity index (χ1) is 14.3. The Morgan fingerprint density at radius 3 is 2.10 bits per heavy atom. The normalized spacial score (nSPS) is 13.4. The van der Waals surface area contributed by atoms with E-state index in [1.807, 2.05) is 60.7 Å². The molecule has 0 heterocycles. The summed E-state index contributed by atoms with van der Waals surface area (Å²) in [5.41, 5.74) is 0.575. The van der Waals surface area contributed by atoms with Crippen molar-refractivity contribution in [2.45, 2.75) is 44.9 Å². The van der Waals surface area contributed by atoms with Crippen LogP contribution in [-0.4, -0.2) is 36.7 Å². The number of amides is 2. The highest BCUT2D eigenvalue weighted by molar-refractivity contribution is 5.92. The lowest BCUT2D eigenvalue weighted by atomic mass is 9.92. The van der Waals surface area contributed by atoms with Gasteiger partial charge in [0.25, 0.3) is 0 Å². The monoisotopic (exact) mass is 412 g/mol. The Morgan fingerprint density at radius 2 is 1.53 bits per heavy atom. The average molecular weight is 412 g/mol. The molecule has 160 valence electrons. The molecule has 0 spiro atoms. The molecule has 2 aromatic rings. The number of hydrogen-bond donors (Lipinski definition) is 2. The van der Waals surface area contributed by atoms with Gasteiger partial charge in [0.15, 0.2) is 0 Å². The molecule has 0 bridgehead atoms. The summed E-state index contributed by atoms with van der Waals surface area (Å²) >= 11 is 0. The SMILES string of the molecule is COC(=O)[C@H](C)NC(=O)[C@@](C)(CCc1ccccc1)NC(=O)OCc1ccccc1. The van der Waals surface area contributed by atoms with Gasteiger partial charge in [-0.05, 0) is 37.8 Å². The topological polar surface area (TPSA) is 93.7 Å². The molecule has 0 fully saturated rings. The number of ether oxygens (including phenoxy) is 2. The molecule has 0 saturated carbocycles. The van der Waals surface area contributed by atoms with Crippen molar-refractivity contribution in [3.05, 3.63) is 71.8 Å². The van der Waals surface area contributed by atoms with Crippen LogP contribution < -0.4 is 10.6 Å². The van der Waals surface area contributed by atoms with Crippen LogP contribution in [0.15, 0.2) is 60.7 Å². The van der Waals surface area contributed by atoms with Gasteiger partial charge in [-0.3, -0.25) is 4.79 Å². The van der Waals surface area contributed by atoms with Crippen LogP contribution in [0, 0.1) is 0 Å². The second kappa shape index (κ2) is 11.0. The standard InChI is InChI=1S/C23H28N2O5/c1-17(20(26)29-3)24-21(27)23(2,15-14-18-10-6-4-7-11-18)25-22(28)30-16-19-12-8-5-9-13-19/h4-13,17H,14-16H2,1-3H3,(H,24,27)(H,25,28)/t17-,23+/m0/s1. The largest absolute Gasteiger partial charge is 0.467 e. The van der Waals surface area contributed by atoms with E-state index in [0.29, 0.717) is 12.8 Å². The van der Waals surface area contributed by atoms with E-state index >= 15 is 0 Å². The molecule has 30 heavy (non-hydrogen) atoms. The second-order valence-corrected chi connectivity index (χ2v) is 7.22. The van der Waals surface area contributed by atoms with Gasteiger partial charge >= 0.3 is 12.1 Å². The summed E-state index contributed by atoms with van der Waals surface area (Å²) in [6.45, 7) is 3.22. The summed E-state index contributed by atoms with van der Waals surface area (Å²) in [6, 6.07) is 18.0. The Morgan fingerprint density at radius 1 is 0.967 bits per heavy atom. The highest BCUT2D eigenvalue weighted by Gasteiger charge is 2.36. The third kappa shape index (κ3) is 6.92. The summed E-state index contributed by atoms with van der Waals surface area (Å²) < 4.78 is 9.94. The lowest BCUT2D eigenvalue weighted by Crippen LogP contribution is -2.59. The molecule has 2 rings (SSSR count). The van der Waals surface area contributed by atoms with Crippen LogP contribution in [0.5, 0.6) is 0 Å². The zero-order valence-corrected chi connectivity index (χ0v) is 17.5. The number of nitrogens with one attached hydrogen (secondary N) is 2. The number of hydrogen-bond acceptors (Lipinski definition) is 5. The van der Waals surface area contributed by atoms with Crippen molar-refractivity contribution in [3.8, 4) is 0 Å². The van der Waals surface area contributed by atoms with Crippen LogP contribution in [0.3, 0.4) is 0 Å². The lowest BCUT2D eigenvalue weighted by Gasteiger charge is -2.30. The molecule has 2 atom stereocenters. The second-order valence-electron chi connectivity index (χ2n) is 7.22. The first kappa shape index (κ1) is 22.9. The fourth-order valence-electron chi connectivity index (χ4n) is 2.85. The van der Waals surface area contributed by atoms with Crippen LogP contribution in [-0.2, 0) is 32.1 Å². The Hall–Kier alpha value is -3.35. The van der Waals surface area contributed by atoms with Crippen molar-refractivity contribution < 1.29 is 23.9 Å². The zero-order chi connectivity index (χ0) is 22.0. The van der Waals surface area contributed by atoms with Gasteiger partial charge in [-0.25, -0.2) is 9.59 Å². The molecule has 0 aliphatic rings. The van der Waals surface area contributed by atoms with E-state index in [4.69, 9.17) is 4.74 Å². The Kier molecular flexibility index (Phi) is 8.41. The van der Waals surface area contributed by atoms with E-state index in [1.165, 1.54) is 14.0 Å². The maximum absolute atomic E-state index is 12.9. The number of aryl methyl sites for hydroxylation is 1. The van der Waals surface area contributed by atoms with E-state index in [0.717, 1.165) is 11.1 Å². The van der Waals surface area contributed by atoms with Crippen LogP contribution in [0.2, 0.25) is 0 Å².